The van der Waals surface area contributed by atoms with Crippen molar-refractivity contribution in [1.29, 1.82) is 0 Å². The molecule has 24 heavy (non-hydrogen) atoms. The molecule has 1 saturated heterocycles. The zero-order valence-corrected chi connectivity index (χ0v) is 15.1. The van der Waals surface area contributed by atoms with Gasteiger partial charge in [-0.15, -0.1) is 12.4 Å². The molecule has 2 aliphatic rings. The average Bonchev–Trinajstić information content (AvgIpc) is 3.14. The highest BCUT2D eigenvalue weighted by Gasteiger charge is 2.24. The lowest BCUT2D eigenvalue weighted by molar-refractivity contribution is -0.122. The number of hydrogen-bond donors (Lipinski definition) is 2. The van der Waals surface area contributed by atoms with E-state index in [1.807, 2.05) is 25.1 Å². The maximum Gasteiger partial charge on any atom is 0.231 e. The molecule has 0 saturated carbocycles. The number of rotatable bonds is 5. The maximum atomic E-state index is 12.1. The average molecular weight is 352 g/mol. The van der Waals surface area contributed by atoms with Gasteiger partial charge in [0.15, 0.2) is 0 Å². The van der Waals surface area contributed by atoms with Crippen LogP contribution < -0.4 is 15.5 Å². The molecular weight excluding hydrogens is 326 g/mol. The van der Waals surface area contributed by atoms with Gasteiger partial charge in [0.05, 0.1) is 12.5 Å². The zero-order chi connectivity index (χ0) is 16.4. The molecule has 2 amide bonds. The second-order valence-electron chi connectivity index (χ2n) is 6.70. The number of fused-ring (bicyclic) bond motifs is 1. The first-order valence-corrected chi connectivity index (χ1v) is 8.44. The monoisotopic (exact) mass is 351 g/mol. The van der Waals surface area contributed by atoms with Crippen LogP contribution in [0.4, 0.5) is 5.69 Å². The smallest absolute Gasteiger partial charge is 0.231 e. The Bertz CT molecular complexity index is 614. The van der Waals surface area contributed by atoms with Crippen molar-refractivity contribution in [3.8, 4) is 0 Å². The summed E-state index contributed by atoms with van der Waals surface area (Å²) in [6, 6.07) is 5.99. The summed E-state index contributed by atoms with van der Waals surface area (Å²) >= 11 is 0. The highest BCUT2D eigenvalue weighted by Crippen LogP contribution is 2.30. The third-order valence-electron chi connectivity index (χ3n) is 5.00. The SMILES string of the molecule is CC(NC(=O)CCC1CCNC1)c1ccc2c(c1)CC(=O)N2C.Cl. The number of carbonyl (C=O) groups is 2. The minimum absolute atomic E-state index is 0. The van der Waals surface area contributed by atoms with Crippen LogP contribution in [0.3, 0.4) is 0 Å². The van der Waals surface area contributed by atoms with Gasteiger partial charge in [0.1, 0.15) is 0 Å². The van der Waals surface area contributed by atoms with Crippen molar-refractivity contribution in [3.63, 3.8) is 0 Å². The van der Waals surface area contributed by atoms with Gasteiger partial charge < -0.3 is 15.5 Å². The highest BCUT2D eigenvalue weighted by atomic mass is 35.5. The van der Waals surface area contributed by atoms with Gasteiger partial charge in [-0.3, -0.25) is 9.59 Å². The van der Waals surface area contributed by atoms with Gasteiger partial charge in [-0.1, -0.05) is 12.1 Å². The quantitative estimate of drug-likeness (QED) is 0.854. The highest BCUT2D eigenvalue weighted by molar-refractivity contribution is 6.00. The predicted octanol–water partition coefficient (Wildman–Crippen LogP) is 2.19. The third-order valence-corrected chi connectivity index (χ3v) is 5.00. The number of halogens is 1. The molecule has 2 atom stereocenters. The lowest BCUT2D eigenvalue weighted by Crippen LogP contribution is -2.27. The molecule has 1 fully saturated rings. The van der Waals surface area contributed by atoms with E-state index < -0.39 is 0 Å². The fourth-order valence-corrected chi connectivity index (χ4v) is 3.45. The molecule has 1 aromatic carbocycles. The van der Waals surface area contributed by atoms with E-state index in [4.69, 9.17) is 0 Å². The van der Waals surface area contributed by atoms with E-state index in [1.165, 1.54) is 6.42 Å². The second kappa shape index (κ2) is 7.99. The largest absolute Gasteiger partial charge is 0.350 e. The molecule has 2 unspecified atom stereocenters. The number of anilines is 1. The Labute approximate surface area is 149 Å². The summed E-state index contributed by atoms with van der Waals surface area (Å²) in [6.07, 6.45) is 3.17. The topological polar surface area (TPSA) is 61.4 Å². The summed E-state index contributed by atoms with van der Waals surface area (Å²) in [4.78, 5) is 25.6. The summed E-state index contributed by atoms with van der Waals surface area (Å²) in [5, 5.41) is 6.41. The molecule has 0 spiro atoms. The molecule has 132 valence electrons. The minimum Gasteiger partial charge on any atom is -0.350 e. The lowest BCUT2D eigenvalue weighted by atomic mass is 10.0. The molecule has 2 N–H and O–H groups in total. The summed E-state index contributed by atoms with van der Waals surface area (Å²) in [5.74, 6) is 0.870. The molecule has 6 heteroatoms. The lowest BCUT2D eigenvalue weighted by Gasteiger charge is -2.17. The number of benzene rings is 1. The number of likely N-dealkylation sites (N-methyl/N-ethyl adjacent to an activating group) is 1. The van der Waals surface area contributed by atoms with Crippen molar-refractivity contribution >= 4 is 29.9 Å². The molecule has 0 aliphatic carbocycles. The number of carbonyl (C=O) groups excluding carboxylic acids is 2. The van der Waals surface area contributed by atoms with Crippen molar-refractivity contribution in [2.75, 3.05) is 25.0 Å². The van der Waals surface area contributed by atoms with Crippen LogP contribution in [0, 0.1) is 5.92 Å². The molecule has 0 bridgehead atoms. The summed E-state index contributed by atoms with van der Waals surface area (Å²) < 4.78 is 0. The van der Waals surface area contributed by atoms with Crippen LogP contribution in [-0.4, -0.2) is 32.0 Å². The molecule has 0 radical (unpaired) electrons. The van der Waals surface area contributed by atoms with Gasteiger partial charge >= 0.3 is 0 Å². The Morgan fingerprint density at radius 2 is 2.25 bits per heavy atom. The van der Waals surface area contributed by atoms with Crippen molar-refractivity contribution in [3.05, 3.63) is 29.3 Å². The number of amides is 2. The Kier molecular flexibility index (Phi) is 6.24. The van der Waals surface area contributed by atoms with Gasteiger partial charge in [-0.2, -0.15) is 0 Å². The molecule has 2 heterocycles. The van der Waals surface area contributed by atoms with Crippen LogP contribution in [0.1, 0.15) is 43.4 Å². The second-order valence-corrected chi connectivity index (χ2v) is 6.70. The van der Waals surface area contributed by atoms with E-state index in [1.54, 1.807) is 11.9 Å². The fraction of sp³-hybridized carbons (Fsp3) is 0.556. The number of nitrogens with one attached hydrogen (secondary N) is 2. The summed E-state index contributed by atoms with van der Waals surface area (Å²) in [5.41, 5.74) is 3.09. The van der Waals surface area contributed by atoms with Crippen LogP contribution >= 0.6 is 12.4 Å². The first-order chi connectivity index (χ1) is 11.0. The van der Waals surface area contributed by atoms with E-state index in [0.29, 0.717) is 18.8 Å². The van der Waals surface area contributed by atoms with Crippen molar-refractivity contribution in [2.24, 2.45) is 5.92 Å². The van der Waals surface area contributed by atoms with Gasteiger partial charge in [0.25, 0.3) is 0 Å². The Morgan fingerprint density at radius 1 is 1.46 bits per heavy atom. The van der Waals surface area contributed by atoms with Crippen LogP contribution in [0.15, 0.2) is 18.2 Å². The normalized spacial score (nSPS) is 20.5. The van der Waals surface area contributed by atoms with Crippen molar-refractivity contribution in [1.82, 2.24) is 10.6 Å². The molecule has 0 aromatic heterocycles. The van der Waals surface area contributed by atoms with Crippen LogP contribution in [0.2, 0.25) is 0 Å². The number of nitrogens with zero attached hydrogens (tertiary/aromatic N) is 1. The van der Waals surface area contributed by atoms with Gasteiger partial charge in [-0.25, -0.2) is 0 Å². The predicted molar refractivity (Wildman–Crippen MR) is 97.6 cm³/mol. The minimum atomic E-state index is -0.0319. The van der Waals surface area contributed by atoms with E-state index in [0.717, 1.165) is 36.3 Å². The maximum absolute atomic E-state index is 12.1. The molecule has 2 aliphatic heterocycles. The first kappa shape index (κ1) is 18.7. The summed E-state index contributed by atoms with van der Waals surface area (Å²) in [7, 11) is 1.80. The fourth-order valence-electron chi connectivity index (χ4n) is 3.45. The van der Waals surface area contributed by atoms with E-state index >= 15 is 0 Å². The first-order valence-electron chi connectivity index (χ1n) is 8.44. The Hall–Kier alpha value is -1.59. The van der Waals surface area contributed by atoms with E-state index in [-0.39, 0.29) is 30.3 Å². The Morgan fingerprint density at radius 3 is 2.96 bits per heavy atom. The third kappa shape index (κ3) is 4.08. The zero-order valence-electron chi connectivity index (χ0n) is 14.3. The van der Waals surface area contributed by atoms with Gasteiger partial charge in [0, 0.05) is 19.2 Å². The molecular formula is C18H26ClN3O2. The summed E-state index contributed by atoms with van der Waals surface area (Å²) in [6.45, 7) is 4.11. The van der Waals surface area contributed by atoms with Crippen molar-refractivity contribution in [2.45, 2.75) is 38.6 Å². The Balaban J connectivity index is 0.00000208. The molecule has 3 rings (SSSR count). The molecule has 5 nitrogen and oxygen atoms in total. The van der Waals surface area contributed by atoms with Crippen LogP contribution in [0.25, 0.3) is 0 Å². The van der Waals surface area contributed by atoms with Crippen LogP contribution in [0.5, 0.6) is 0 Å². The van der Waals surface area contributed by atoms with Crippen molar-refractivity contribution < 1.29 is 9.59 Å². The van der Waals surface area contributed by atoms with E-state index in [9.17, 15) is 9.59 Å². The van der Waals surface area contributed by atoms with E-state index in [2.05, 4.69) is 10.6 Å². The van der Waals surface area contributed by atoms with Gasteiger partial charge in [0.2, 0.25) is 11.8 Å². The molecule has 1 aromatic rings. The number of hydrogen-bond acceptors (Lipinski definition) is 3. The van der Waals surface area contributed by atoms with Crippen LogP contribution in [-0.2, 0) is 16.0 Å². The standard InChI is InChI=1S/C18H25N3O2.ClH/c1-12(20-17(22)6-3-13-7-8-19-11-13)14-4-5-16-15(9-14)10-18(23)21(16)2;/h4-5,9,12-13,19H,3,6-8,10-11H2,1-2H3,(H,20,22);1H. The van der Waals surface area contributed by atoms with Gasteiger partial charge in [-0.05, 0) is 56.0 Å².